The normalized spacial score (nSPS) is 11.8. The van der Waals surface area contributed by atoms with Gasteiger partial charge in [0.2, 0.25) is 0 Å². The summed E-state index contributed by atoms with van der Waals surface area (Å²) in [5.41, 5.74) is 3.34. The van der Waals surface area contributed by atoms with E-state index in [4.69, 9.17) is 5.11 Å². The highest BCUT2D eigenvalue weighted by atomic mass is 16.3. The van der Waals surface area contributed by atoms with Crippen LogP contribution in [0.15, 0.2) is 30.3 Å². The molecule has 0 aliphatic carbocycles. The van der Waals surface area contributed by atoms with E-state index in [-0.39, 0.29) is 6.61 Å². The van der Waals surface area contributed by atoms with Crippen molar-refractivity contribution in [1.82, 2.24) is 0 Å². The summed E-state index contributed by atoms with van der Waals surface area (Å²) in [6, 6.07) is 7.91. The SMILES string of the molecule is CC=C(C)c1ccccc1CO. The molecule has 0 unspecified atom stereocenters. The van der Waals surface area contributed by atoms with E-state index >= 15 is 0 Å². The molecule has 0 aromatic heterocycles. The Hall–Kier alpha value is -1.08. The fourth-order valence-corrected chi connectivity index (χ4v) is 1.20. The molecule has 1 aromatic carbocycles. The molecule has 0 atom stereocenters. The number of hydrogen-bond acceptors (Lipinski definition) is 1. The Morgan fingerprint density at radius 2 is 2.08 bits per heavy atom. The number of aliphatic hydroxyl groups excluding tert-OH is 1. The Labute approximate surface area is 73.4 Å². The van der Waals surface area contributed by atoms with Crippen molar-refractivity contribution in [3.63, 3.8) is 0 Å². The number of hydrogen-bond donors (Lipinski definition) is 1. The second-order valence-corrected chi connectivity index (χ2v) is 2.79. The van der Waals surface area contributed by atoms with Crippen LogP contribution in [0.5, 0.6) is 0 Å². The monoisotopic (exact) mass is 162 g/mol. The number of rotatable bonds is 2. The average molecular weight is 162 g/mol. The standard InChI is InChI=1S/C11H14O/c1-3-9(2)11-7-5-4-6-10(11)8-12/h3-7,12H,8H2,1-2H3. The van der Waals surface area contributed by atoms with Crippen LogP contribution >= 0.6 is 0 Å². The molecule has 0 amide bonds. The van der Waals surface area contributed by atoms with Gasteiger partial charge in [0.15, 0.2) is 0 Å². The van der Waals surface area contributed by atoms with Crippen LogP contribution in [0.3, 0.4) is 0 Å². The van der Waals surface area contributed by atoms with Gasteiger partial charge in [-0.1, -0.05) is 30.3 Å². The Kier molecular flexibility index (Phi) is 3.06. The minimum Gasteiger partial charge on any atom is -0.392 e. The van der Waals surface area contributed by atoms with Crippen LogP contribution in [0, 0.1) is 0 Å². The van der Waals surface area contributed by atoms with Gasteiger partial charge in [-0.15, -0.1) is 0 Å². The second-order valence-electron chi connectivity index (χ2n) is 2.79. The first-order chi connectivity index (χ1) is 5.79. The molecule has 64 valence electrons. The van der Waals surface area contributed by atoms with E-state index in [1.165, 1.54) is 5.57 Å². The zero-order valence-electron chi connectivity index (χ0n) is 7.54. The topological polar surface area (TPSA) is 20.2 Å². The number of aliphatic hydroxyl groups is 1. The summed E-state index contributed by atoms with van der Waals surface area (Å²) in [6.07, 6.45) is 2.05. The molecule has 1 rings (SSSR count). The first-order valence-electron chi connectivity index (χ1n) is 4.11. The number of allylic oxidation sites excluding steroid dienone is 2. The van der Waals surface area contributed by atoms with Crippen molar-refractivity contribution < 1.29 is 5.11 Å². The molecule has 0 radical (unpaired) electrons. The van der Waals surface area contributed by atoms with E-state index < -0.39 is 0 Å². The fraction of sp³-hybridized carbons (Fsp3) is 0.273. The lowest BCUT2D eigenvalue weighted by molar-refractivity contribution is 0.281. The molecule has 1 nitrogen and oxygen atoms in total. The summed E-state index contributed by atoms with van der Waals surface area (Å²) in [7, 11) is 0. The third kappa shape index (κ3) is 1.74. The smallest absolute Gasteiger partial charge is 0.0687 e. The summed E-state index contributed by atoms with van der Waals surface area (Å²) in [4.78, 5) is 0. The van der Waals surface area contributed by atoms with Crippen molar-refractivity contribution in [2.75, 3.05) is 0 Å². The highest BCUT2D eigenvalue weighted by Crippen LogP contribution is 2.18. The van der Waals surface area contributed by atoms with Crippen LogP contribution < -0.4 is 0 Å². The third-order valence-corrected chi connectivity index (χ3v) is 2.05. The molecule has 0 aliphatic rings. The van der Waals surface area contributed by atoms with Crippen LogP contribution in [0.2, 0.25) is 0 Å². The van der Waals surface area contributed by atoms with Crippen LogP contribution in [0.1, 0.15) is 25.0 Å². The molecule has 1 N–H and O–H groups in total. The van der Waals surface area contributed by atoms with Gasteiger partial charge in [0, 0.05) is 0 Å². The molecule has 1 heteroatoms. The summed E-state index contributed by atoms with van der Waals surface area (Å²) in [6.45, 7) is 4.17. The van der Waals surface area contributed by atoms with Gasteiger partial charge < -0.3 is 5.11 Å². The van der Waals surface area contributed by atoms with Crippen molar-refractivity contribution in [2.24, 2.45) is 0 Å². The van der Waals surface area contributed by atoms with Crippen LogP contribution in [-0.2, 0) is 6.61 Å². The van der Waals surface area contributed by atoms with Crippen molar-refractivity contribution in [2.45, 2.75) is 20.5 Å². The lowest BCUT2D eigenvalue weighted by Gasteiger charge is -2.06. The largest absolute Gasteiger partial charge is 0.392 e. The first kappa shape index (κ1) is 9.01. The Bertz CT molecular complexity index is 287. The molecule has 0 fully saturated rings. The van der Waals surface area contributed by atoms with Crippen molar-refractivity contribution in [3.05, 3.63) is 41.5 Å². The van der Waals surface area contributed by atoms with Crippen LogP contribution in [-0.4, -0.2) is 5.11 Å². The molecule has 0 aliphatic heterocycles. The Morgan fingerprint density at radius 1 is 1.42 bits per heavy atom. The van der Waals surface area contributed by atoms with E-state index in [9.17, 15) is 0 Å². The van der Waals surface area contributed by atoms with Gasteiger partial charge in [0.05, 0.1) is 6.61 Å². The average Bonchev–Trinajstić information content (AvgIpc) is 2.16. The van der Waals surface area contributed by atoms with Gasteiger partial charge in [-0.25, -0.2) is 0 Å². The lowest BCUT2D eigenvalue weighted by Crippen LogP contribution is -1.90. The van der Waals surface area contributed by atoms with Gasteiger partial charge >= 0.3 is 0 Å². The predicted octanol–water partition coefficient (Wildman–Crippen LogP) is 2.60. The maximum absolute atomic E-state index is 9.04. The number of benzene rings is 1. The summed E-state index contributed by atoms with van der Waals surface area (Å²) in [5.74, 6) is 0. The molecular formula is C11H14O. The third-order valence-electron chi connectivity index (χ3n) is 2.05. The van der Waals surface area contributed by atoms with E-state index in [2.05, 4.69) is 13.0 Å². The molecule has 1 aromatic rings. The molecule has 0 heterocycles. The zero-order valence-corrected chi connectivity index (χ0v) is 7.54. The van der Waals surface area contributed by atoms with E-state index in [1.807, 2.05) is 31.2 Å². The minimum absolute atomic E-state index is 0.112. The summed E-state index contributed by atoms with van der Waals surface area (Å²) < 4.78 is 0. The van der Waals surface area contributed by atoms with Crippen molar-refractivity contribution >= 4 is 5.57 Å². The van der Waals surface area contributed by atoms with Gasteiger partial charge in [-0.05, 0) is 30.5 Å². The van der Waals surface area contributed by atoms with E-state index in [1.54, 1.807) is 0 Å². The first-order valence-corrected chi connectivity index (χ1v) is 4.11. The quantitative estimate of drug-likeness (QED) is 0.708. The Balaban J connectivity index is 3.13. The minimum atomic E-state index is 0.112. The highest BCUT2D eigenvalue weighted by molar-refractivity contribution is 5.66. The summed E-state index contributed by atoms with van der Waals surface area (Å²) in [5, 5.41) is 9.04. The summed E-state index contributed by atoms with van der Waals surface area (Å²) >= 11 is 0. The maximum atomic E-state index is 9.04. The maximum Gasteiger partial charge on any atom is 0.0687 e. The zero-order chi connectivity index (χ0) is 8.97. The van der Waals surface area contributed by atoms with Gasteiger partial charge in [0.25, 0.3) is 0 Å². The lowest BCUT2D eigenvalue weighted by atomic mass is 10.0. The predicted molar refractivity (Wildman–Crippen MR) is 51.7 cm³/mol. The van der Waals surface area contributed by atoms with Gasteiger partial charge in [0.1, 0.15) is 0 Å². The van der Waals surface area contributed by atoms with Crippen LogP contribution in [0.4, 0.5) is 0 Å². The van der Waals surface area contributed by atoms with Crippen molar-refractivity contribution in [1.29, 1.82) is 0 Å². The molecular weight excluding hydrogens is 148 g/mol. The van der Waals surface area contributed by atoms with Crippen molar-refractivity contribution in [3.8, 4) is 0 Å². The molecule has 0 saturated heterocycles. The van der Waals surface area contributed by atoms with E-state index in [0.717, 1.165) is 11.1 Å². The highest BCUT2D eigenvalue weighted by Gasteiger charge is 1.99. The fourth-order valence-electron chi connectivity index (χ4n) is 1.20. The van der Waals surface area contributed by atoms with Gasteiger partial charge in [-0.3, -0.25) is 0 Å². The Morgan fingerprint density at radius 3 is 2.67 bits per heavy atom. The molecule has 0 saturated carbocycles. The second kappa shape index (κ2) is 4.07. The molecule has 0 spiro atoms. The molecule has 12 heavy (non-hydrogen) atoms. The van der Waals surface area contributed by atoms with E-state index in [0.29, 0.717) is 0 Å². The van der Waals surface area contributed by atoms with Crippen LogP contribution in [0.25, 0.3) is 5.57 Å². The molecule has 0 bridgehead atoms. The van der Waals surface area contributed by atoms with Gasteiger partial charge in [-0.2, -0.15) is 0 Å².